The van der Waals surface area contributed by atoms with Gasteiger partial charge in [-0.1, -0.05) is 207 Å². The van der Waals surface area contributed by atoms with Crippen LogP contribution in [-0.4, -0.2) is 95.9 Å². The number of amides is 2. The molecule has 1 aliphatic rings. The smallest absolute Gasteiger partial charge is 0.222 e. The third-order valence-electron chi connectivity index (χ3n) is 14.0. The molecule has 60 heavy (non-hydrogen) atoms. The van der Waals surface area contributed by atoms with E-state index in [0.717, 1.165) is 12.8 Å². The molecule has 0 radical (unpaired) electrons. The van der Waals surface area contributed by atoms with Crippen molar-refractivity contribution in [1.82, 2.24) is 19.6 Å². The second kappa shape index (κ2) is 41.8. The van der Waals surface area contributed by atoms with Gasteiger partial charge in [-0.15, -0.1) is 0 Å². The summed E-state index contributed by atoms with van der Waals surface area (Å²) in [6, 6.07) is 0.886. The molecule has 0 aromatic heterocycles. The molecule has 2 amide bonds. The number of hydrogen-bond donors (Lipinski definition) is 0. The van der Waals surface area contributed by atoms with E-state index in [1.54, 1.807) is 0 Å². The molecule has 1 rings (SSSR count). The Balaban J connectivity index is 2.51. The fourth-order valence-corrected chi connectivity index (χ4v) is 9.45. The van der Waals surface area contributed by atoms with E-state index >= 15 is 0 Å². The van der Waals surface area contributed by atoms with E-state index in [0.29, 0.717) is 62.9 Å². The van der Waals surface area contributed by atoms with E-state index in [9.17, 15) is 9.59 Å². The molecule has 0 aromatic carbocycles. The molecule has 1 saturated heterocycles. The van der Waals surface area contributed by atoms with Gasteiger partial charge in [0, 0.05) is 51.1 Å². The molecule has 2 unspecified atom stereocenters. The predicted octanol–water partition coefficient (Wildman–Crippen LogP) is 15.2. The molecule has 0 aromatic rings. The van der Waals surface area contributed by atoms with E-state index < -0.39 is 0 Å². The standard InChI is InChI=1S/C54H108N4O2/c1-7-11-15-19-23-27-31-35-43-55(44-36-32-28-24-20-16-12-8-2)51(5)39-41-53(59)57-47-49-58(50-48-57)54(60)42-40-52(6)56(45-37-33-29-25-21-17-13-9-3)46-38-34-30-26-22-18-14-10-4/h51-52H,7-50H2,1-6H3. The lowest BCUT2D eigenvalue weighted by Gasteiger charge is -2.36. The Morgan fingerprint density at radius 3 is 0.767 bits per heavy atom. The van der Waals surface area contributed by atoms with Crippen LogP contribution in [-0.2, 0) is 9.59 Å². The van der Waals surface area contributed by atoms with Crippen molar-refractivity contribution in [2.75, 3.05) is 52.4 Å². The third kappa shape index (κ3) is 31.7. The highest BCUT2D eigenvalue weighted by atomic mass is 16.2. The van der Waals surface area contributed by atoms with Crippen LogP contribution in [0.3, 0.4) is 0 Å². The van der Waals surface area contributed by atoms with Gasteiger partial charge >= 0.3 is 0 Å². The minimum atomic E-state index is 0.291. The summed E-state index contributed by atoms with van der Waals surface area (Å²) in [6.45, 7) is 21.4. The van der Waals surface area contributed by atoms with Crippen LogP contribution >= 0.6 is 0 Å². The quantitative estimate of drug-likeness (QED) is 0.0573. The maximum atomic E-state index is 13.5. The zero-order chi connectivity index (χ0) is 43.7. The number of hydrogen-bond acceptors (Lipinski definition) is 4. The van der Waals surface area contributed by atoms with Crippen LogP contribution in [0.25, 0.3) is 0 Å². The molecule has 0 N–H and O–H groups in total. The van der Waals surface area contributed by atoms with Crippen LogP contribution < -0.4 is 0 Å². The number of unbranched alkanes of at least 4 members (excludes halogenated alkanes) is 28. The van der Waals surface area contributed by atoms with Crippen molar-refractivity contribution in [3.05, 3.63) is 0 Å². The fourth-order valence-electron chi connectivity index (χ4n) is 9.45. The Morgan fingerprint density at radius 1 is 0.350 bits per heavy atom. The molecule has 0 spiro atoms. The average molecular weight is 845 g/mol. The first-order valence-electron chi connectivity index (χ1n) is 27.4. The summed E-state index contributed by atoms with van der Waals surface area (Å²) in [5.41, 5.74) is 0. The fraction of sp³-hybridized carbons (Fsp3) is 0.963. The molecule has 1 heterocycles. The van der Waals surface area contributed by atoms with E-state index in [1.807, 2.05) is 0 Å². The monoisotopic (exact) mass is 845 g/mol. The molecule has 0 aliphatic carbocycles. The normalized spacial score (nSPS) is 14.5. The molecule has 1 aliphatic heterocycles. The van der Waals surface area contributed by atoms with Crippen molar-refractivity contribution in [1.29, 1.82) is 0 Å². The number of carbonyl (C=O) groups is 2. The summed E-state index contributed by atoms with van der Waals surface area (Å²) in [5, 5.41) is 0. The first-order valence-corrected chi connectivity index (χ1v) is 27.4. The Bertz CT molecular complexity index is 823. The van der Waals surface area contributed by atoms with Crippen LogP contribution in [0, 0.1) is 0 Å². The van der Waals surface area contributed by atoms with Crippen molar-refractivity contribution < 1.29 is 9.59 Å². The van der Waals surface area contributed by atoms with Crippen LogP contribution in [0.5, 0.6) is 0 Å². The van der Waals surface area contributed by atoms with Crippen molar-refractivity contribution in [2.45, 2.75) is 285 Å². The Labute approximate surface area is 376 Å². The summed E-state index contributed by atoms with van der Waals surface area (Å²) in [7, 11) is 0. The van der Waals surface area contributed by atoms with Crippen molar-refractivity contribution in [3.63, 3.8) is 0 Å². The van der Waals surface area contributed by atoms with Gasteiger partial charge in [0.05, 0.1) is 0 Å². The molecule has 0 saturated carbocycles. The Morgan fingerprint density at radius 2 is 0.550 bits per heavy atom. The summed E-state index contributed by atoms with van der Waals surface area (Å²) in [4.78, 5) is 36.5. The topological polar surface area (TPSA) is 47.1 Å². The summed E-state index contributed by atoms with van der Waals surface area (Å²) < 4.78 is 0. The average Bonchev–Trinajstić information content (AvgIpc) is 3.26. The summed E-state index contributed by atoms with van der Waals surface area (Å²) >= 11 is 0. The van der Waals surface area contributed by atoms with Crippen LogP contribution in [0.4, 0.5) is 0 Å². The van der Waals surface area contributed by atoms with Gasteiger partial charge in [0.2, 0.25) is 11.8 Å². The Kier molecular flexibility index (Phi) is 39.7. The van der Waals surface area contributed by atoms with Gasteiger partial charge in [0.15, 0.2) is 0 Å². The van der Waals surface area contributed by atoms with Crippen LogP contribution in [0.1, 0.15) is 273 Å². The molecule has 356 valence electrons. The van der Waals surface area contributed by atoms with Crippen molar-refractivity contribution in [2.24, 2.45) is 0 Å². The van der Waals surface area contributed by atoms with Crippen molar-refractivity contribution >= 4 is 11.8 Å². The molecular formula is C54H108N4O2. The molecule has 2 atom stereocenters. The SMILES string of the molecule is CCCCCCCCCCN(CCCCCCCCCC)C(C)CCC(=O)N1CCN(C(=O)CCC(C)N(CCCCCCCCCC)CCCCCCCCCC)CC1. The second-order valence-corrected chi connectivity index (χ2v) is 19.5. The predicted molar refractivity (Wildman–Crippen MR) is 264 cm³/mol. The lowest BCUT2D eigenvalue weighted by molar-refractivity contribution is -0.140. The minimum Gasteiger partial charge on any atom is -0.339 e. The first kappa shape index (κ1) is 56.9. The van der Waals surface area contributed by atoms with Gasteiger partial charge in [-0.3, -0.25) is 9.59 Å². The third-order valence-corrected chi connectivity index (χ3v) is 14.0. The first-order chi connectivity index (χ1) is 29.4. The number of carbonyl (C=O) groups excluding carboxylic acids is 2. The zero-order valence-electron chi connectivity index (χ0n) is 41.9. The van der Waals surface area contributed by atoms with E-state index in [4.69, 9.17) is 0 Å². The zero-order valence-corrected chi connectivity index (χ0v) is 41.9. The van der Waals surface area contributed by atoms with Gasteiger partial charge < -0.3 is 19.6 Å². The highest BCUT2D eigenvalue weighted by Gasteiger charge is 2.26. The molecule has 0 bridgehead atoms. The lowest BCUT2D eigenvalue weighted by atomic mass is 10.1. The Hall–Kier alpha value is -1.14. The molecule has 6 nitrogen and oxygen atoms in total. The van der Waals surface area contributed by atoms with E-state index in [-0.39, 0.29) is 0 Å². The highest BCUT2D eigenvalue weighted by Crippen LogP contribution is 2.19. The summed E-state index contributed by atoms with van der Waals surface area (Å²) in [5.74, 6) is 0.582. The summed E-state index contributed by atoms with van der Waals surface area (Å²) in [6.07, 6.45) is 46.6. The lowest BCUT2D eigenvalue weighted by Crippen LogP contribution is -2.51. The van der Waals surface area contributed by atoms with Gasteiger partial charge in [0.25, 0.3) is 0 Å². The number of nitrogens with zero attached hydrogens (tertiary/aromatic N) is 4. The van der Waals surface area contributed by atoms with Gasteiger partial charge in [-0.05, 0) is 78.6 Å². The van der Waals surface area contributed by atoms with Gasteiger partial charge in [-0.25, -0.2) is 0 Å². The van der Waals surface area contributed by atoms with Crippen LogP contribution in [0.2, 0.25) is 0 Å². The maximum Gasteiger partial charge on any atom is 0.222 e. The molecule has 6 heteroatoms. The largest absolute Gasteiger partial charge is 0.339 e. The number of rotatable bonds is 44. The van der Waals surface area contributed by atoms with Crippen LogP contribution in [0.15, 0.2) is 0 Å². The second-order valence-electron chi connectivity index (χ2n) is 19.5. The van der Waals surface area contributed by atoms with Crippen molar-refractivity contribution in [3.8, 4) is 0 Å². The van der Waals surface area contributed by atoms with Gasteiger partial charge in [0.1, 0.15) is 0 Å². The molecular weight excluding hydrogens is 737 g/mol. The number of piperazine rings is 1. The minimum absolute atomic E-state index is 0.291. The van der Waals surface area contributed by atoms with E-state index in [2.05, 4.69) is 61.1 Å². The highest BCUT2D eigenvalue weighted by molar-refractivity contribution is 5.78. The van der Waals surface area contributed by atoms with E-state index in [1.165, 1.54) is 232 Å². The van der Waals surface area contributed by atoms with Gasteiger partial charge in [-0.2, -0.15) is 0 Å². The molecule has 1 fully saturated rings. The maximum absolute atomic E-state index is 13.5.